The van der Waals surface area contributed by atoms with Gasteiger partial charge in [-0.05, 0) is 248 Å². The van der Waals surface area contributed by atoms with Crippen molar-refractivity contribution in [1.29, 1.82) is 0 Å². The Labute approximate surface area is 747 Å². The maximum atomic E-state index is 7.05. The summed E-state index contributed by atoms with van der Waals surface area (Å²) in [4.78, 5) is 5.29. The molecule has 0 saturated heterocycles. The highest BCUT2D eigenvalue weighted by Crippen LogP contribution is 2.70. The average Bonchev–Trinajstić information content (AvgIpc) is 1.49. The number of anilines is 6. The number of aromatic nitrogens is 1. The number of hydrogen-bond donors (Lipinski definition) is 0. The summed E-state index contributed by atoms with van der Waals surface area (Å²) < 4.78 is 23.0. The first-order valence-corrected chi connectivity index (χ1v) is 45.2. The van der Waals surface area contributed by atoms with E-state index >= 15 is 0 Å². The van der Waals surface area contributed by atoms with Crippen LogP contribution in [0.2, 0.25) is 0 Å². The molecule has 0 amide bonds. The maximum Gasteiger partial charge on any atom is 0.152 e. The van der Waals surface area contributed by atoms with Crippen LogP contribution in [0.5, 0.6) is 0 Å². The molecule has 8 heterocycles. The van der Waals surface area contributed by atoms with E-state index in [2.05, 4.69) is 434 Å². The van der Waals surface area contributed by atoms with E-state index in [-0.39, 0.29) is 0 Å². The van der Waals surface area contributed by atoms with Crippen molar-refractivity contribution in [2.45, 2.75) is 24.2 Å². The third-order valence-corrected chi connectivity index (χ3v) is 30.1. The van der Waals surface area contributed by atoms with Crippen molar-refractivity contribution in [2.75, 3.05) is 9.80 Å². The van der Waals surface area contributed by atoms with Gasteiger partial charge in [0.25, 0.3) is 0 Å². The number of rotatable bonds is 8. The average molecular weight is 1650 g/mol. The van der Waals surface area contributed by atoms with E-state index in [4.69, 9.17) is 13.3 Å². The van der Waals surface area contributed by atoms with Crippen LogP contribution in [0.25, 0.3) is 215 Å². The third kappa shape index (κ3) is 9.29. The molecule has 6 nitrogen and oxygen atoms in total. The Hall–Kier alpha value is -16.8. The van der Waals surface area contributed by atoms with E-state index in [1.54, 1.807) is 0 Å². The van der Waals surface area contributed by atoms with Gasteiger partial charge in [-0.1, -0.05) is 316 Å². The van der Waals surface area contributed by atoms with Gasteiger partial charge in [0.05, 0.1) is 56.3 Å². The molecule has 1 spiro atoms. The SMILES string of the molecule is CC1(Cc2ccc3c4c(cccc24)-c2cc(-c4ccccc4)cc4c2N3c2ccc(-c3ccccc3)cc2C42c3ccccc3-c3cc(-c4ccc(-c5ccc6c7c5cccc7c5cccc7oc8ccccc8n6-c75)cc4)ccc32)c2cc(-c3cccc4c3oc3ccccc34)ccc2N2c3c(cc(-c4cccc5c4oc4ccccc45)cc31)-c1cccc3cccc2c13. The highest BCUT2D eigenvalue weighted by molar-refractivity contribution is 6.25. The number of fused-ring (bicyclic) bond motifs is 25. The summed E-state index contributed by atoms with van der Waals surface area (Å²) in [7, 11) is 0. The lowest BCUT2D eigenvalue weighted by molar-refractivity contribution is 0.564. The van der Waals surface area contributed by atoms with Crippen LogP contribution in [0.15, 0.2) is 426 Å². The fraction of sp³-hybridized carbons (Fsp3) is 0.0323. The molecule has 130 heavy (non-hydrogen) atoms. The van der Waals surface area contributed by atoms with Crippen molar-refractivity contribution in [3.8, 4) is 106 Å². The first-order chi connectivity index (χ1) is 64.3. The van der Waals surface area contributed by atoms with Gasteiger partial charge in [0.1, 0.15) is 22.3 Å². The molecule has 7 aliphatic rings. The summed E-state index contributed by atoms with van der Waals surface area (Å²) in [5.41, 5.74) is 43.9. The quantitative estimate of drug-likeness (QED) is 0.112. The summed E-state index contributed by atoms with van der Waals surface area (Å²) in [6.45, 7) is 2.55. The zero-order valence-electron chi connectivity index (χ0n) is 70.5. The van der Waals surface area contributed by atoms with Crippen LogP contribution in [0.4, 0.5) is 34.1 Å². The normalized spacial score (nSPS) is 15.3. The van der Waals surface area contributed by atoms with Gasteiger partial charge in [-0.15, -0.1) is 0 Å². The lowest BCUT2D eigenvalue weighted by atomic mass is 9.62. The molecular formula is C124H73N3O3. The van der Waals surface area contributed by atoms with E-state index in [9.17, 15) is 0 Å². The number of nitrogens with zero attached hydrogens (tertiary/aromatic N) is 3. The topological polar surface area (TPSA) is 50.8 Å². The standard InChI is InChI=1S/C124H73N3O3/c1-123(101-67-78(84-33-19-40-94-87-30-9-13-45-111(87)129-121(84)94)55-60-105(101)125-108-44-17-28-75-27-16-35-91(115(75)108)98-65-81(69-103(123)118(98)125)85-34-20-41-95-88-31-10-14-46-112(88)130-122(85)95)70-79-56-61-109-116-83(79)32-18-38-92(116)97-64-80(72-25-6-3-7-26-72)68-104-119(97)126(109)106-59-54-77(71-23-4-2-5-24-71)66-102(106)124(104)99-42-11-8-29-86(99)96-63-76(53-58-100(96)124)73-49-51-74(52-50-73)82-57-62-110-117-89(82)36-21-37-90(117)93-39-22-48-114-120(93)127(110)107-43-12-15-47-113(107)128-114/h2-69H,70H2,1H3. The third-order valence-electron chi connectivity index (χ3n) is 30.1. The fourth-order valence-corrected chi connectivity index (χ4v) is 24.5. The molecule has 2 unspecified atom stereocenters. The molecule has 2 atom stereocenters. The van der Waals surface area contributed by atoms with Gasteiger partial charge in [-0.2, -0.15) is 0 Å². The summed E-state index contributed by atoms with van der Waals surface area (Å²) in [5, 5.41) is 14.2. The van der Waals surface area contributed by atoms with Crippen molar-refractivity contribution in [3.63, 3.8) is 0 Å². The Morgan fingerprint density at radius 1 is 0.223 bits per heavy atom. The summed E-state index contributed by atoms with van der Waals surface area (Å²) >= 11 is 0. The zero-order valence-corrected chi connectivity index (χ0v) is 70.5. The van der Waals surface area contributed by atoms with Crippen LogP contribution in [0.3, 0.4) is 0 Å². The minimum Gasteiger partial charge on any atom is -0.455 e. The Bertz CT molecular complexity index is 9320. The van der Waals surface area contributed by atoms with Crippen LogP contribution in [0.1, 0.15) is 45.9 Å². The number of hydrogen-bond acceptors (Lipinski definition) is 5. The molecule has 30 rings (SSSR count). The molecule has 0 fully saturated rings. The predicted molar refractivity (Wildman–Crippen MR) is 536 cm³/mol. The summed E-state index contributed by atoms with van der Waals surface area (Å²) in [6, 6.07) is 156. The van der Waals surface area contributed by atoms with Gasteiger partial charge in [-0.25, -0.2) is 0 Å². The highest BCUT2D eigenvalue weighted by Gasteiger charge is 2.55. The van der Waals surface area contributed by atoms with Gasteiger partial charge in [-0.3, -0.25) is 0 Å². The highest BCUT2D eigenvalue weighted by atomic mass is 16.3. The molecule has 2 aromatic heterocycles. The second kappa shape index (κ2) is 25.7. The zero-order chi connectivity index (χ0) is 84.7. The number of para-hydroxylation sites is 7. The van der Waals surface area contributed by atoms with Gasteiger partial charge in [0, 0.05) is 70.8 Å². The second-order valence-electron chi connectivity index (χ2n) is 36.5. The van der Waals surface area contributed by atoms with E-state index in [0.29, 0.717) is 6.42 Å². The molecule has 0 N–H and O–H groups in total. The minimum atomic E-state index is -0.799. The van der Waals surface area contributed by atoms with E-state index < -0.39 is 10.8 Å². The number of furan rings is 2. The van der Waals surface area contributed by atoms with E-state index in [1.807, 2.05) is 0 Å². The molecule has 0 radical (unpaired) electrons. The van der Waals surface area contributed by atoms with Crippen molar-refractivity contribution in [1.82, 2.24) is 4.57 Å². The molecule has 21 aromatic carbocycles. The lowest BCUT2D eigenvalue weighted by Crippen LogP contribution is -2.37. The van der Waals surface area contributed by atoms with E-state index in [0.717, 1.165) is 117 Å². The monoisotopic (exact) mass is 1650 g/mol. The van der Waals surface area contributed by atoms with Crippen LogP contribution in [-0.4, -0.2) is 4.57 Å². The van der Waals surface area contributed by atoms with Crippen molar-refractivity contribution < 1.29 is 13.3 Å². The smallest absolute Gasteiger partial charge is 0.152 e. The Morgan fingerprint density at radius 2 is 0.715 bits per heavy atom. The number of benzene rings is 21. The Morgan fingerprint density at radius 3 is 1.49 bits per heavy atom. The molecule has 602 valence electrons. The van der Waals surface area contributed by atoms with Crippen LogP contribution >= 0.6 is 0 Å². The molecular weight excluding hydrogens is 1580 g/mol. The van der Waals surface area contributed by atoms with Gasteiger partial charge < -0.3 is 27.6 Å². The lowest BCUT2D eigenvalue weighted by Gasteiger charge is -2.48. The van der Waals surface area contributed by atoms with Crippen LogP contribution < -0.4 is 9.80 Å². The molecule has 1 aliphatic carbocycles. The molecule has 0 bridgehead atoms. The van der Waals surface area contributed by atoms with Crippen LogP contribution in [-0.2, 0) is 17.3 Å². The Kier molecular flexibility index (Phi) is 13.9. The Balaban J connectivity index is 0.624. The molecule has 6 aliphatic heterocycles. The molecule has 23 aromatic rings. The molecule has 6 heteroatoms. The predicted octanol–water partition coefficient (Wildman–Crippen LogP) is 33.7. The summed E-state index contributed by atoms with van der Waals surface area (Å²) in [5.74, 6) is 0. The first kappa shape index (κ1) is 70.5. The van der Waals surface area contributed by atoms with Crippen molar-refractivity contribution >= 4 is 143 Å². The first-order valence-electron chi connectivity index (χ1n) is 45.2. The van der Waals surface area contributed by atoms with Crippen molar-refractivity contribution in [2.24, 2.45) is 0 Å². The van der Waals surface area contributed by atoms with Crippen LogP contribution in [0, 0.1) is 0 Å². The van der Waals surface area contributed by atoms with Gasteiger partial charge >= 0.3 is 0 Å². The van der Waals surface area contributed by atoms with E-state index in [1.165, 1.54) is 171 Å². The van der Waals surface area contributed by atoms with Gasteiger partial charge in [0.2, 0.25) is 0 Å². The number of pyridine rings is 1. The molecule has 0 saturated carbocycles. The van der Waals surface area contributed by atoms with Crippen molar-refractivity contribution in [3.05, 3.63) is 451 Å². The second-order valence-corrected chi connectivity index (χ2v) is 36.5. The largest absolute Gasteiger partial charge is 0.455 e. The minimum absolute atomic E-state index is 0.652. The fourth-order valence-electron chi connectivity index (χ4n) is 24.5. The summed E-state index contributed by atoms with van der Waals surface area (Å²) in [6.07, 6.45) is 0.652. The van der Waals surface area contributed by atoms with Gasteiger partial charge in [0.15, 0.2) is 11.2 Å². The maximum absolute atomic E-state index is 7.05.